The van der Waals surface area contributed by atoms with Gasteiger partial charge in [-0.15, -0.1) is 0 Å². The second-order valence-corrected chi connectivity index (χ2v) is 7.86. The quantitative estimate of drug-likeness (QED) is 0.317. The van der Waals surface area contributed by atoms with E-state index in [9.17, 15) is 22.4 Å². The monoisotopic (exact) mass is 515 g/mol. The molecule has 0 aliphatic carbocycles. The van der Waals surface area contributed by atoms with Crippen LogP contribution in [-0.4, -0.2) is 44.4 Å². The van der Waals surface area contributed by atoms with Crippen LogP contribution in [-0.2, 0) is 28.7 Å². The zero-order valence-corrected chi connectivity index (χ0v) is 19.5. The summed E-state index contributed by atoms with van der Waals surface area (Å²) in [6.07, 6.45) is 2.42. The van der Waals surface area contributed by atoms with E-state index in [1.807, 2.05) is 0 Å². The van der Waals surface area contributed by atoms with Gasteiger partial charge in [0.1, 0.15) is 11.6 Å². The minimum absolute atomic E-state index is 0.0675. The number of halogens is 4. The lowest BCUT2D eigenvalue weighted by molar-refractivity contribution is -0.137. The van der Waals surface area contributed by atoms with Crippen molar-refractivity contribution in [2.75, 3.05) is 24.4 Å². The van der Waals surface area contributed by atoms with E-state index >= 15 is 0 Å². The number of carbonyl (C=O) groups excluding carboxylic acids is 1. The highest BCUT2D eigenvalue weighted by Gasteiger charge is 2.30. The van der Waals surface area contributed by atoms with E-state index in [1.54, 1.807) is 30.3 Å². The van der Waals surface area contributed by atoms with E-state index in [2.05, 4.69) is 30.7 Å². The van der Waals surface area contributed by atoms with Gasteiger partial charge in [0, 0.05) is 37.5 Å². The Kier molecular flexibility index (Phi) is 7.72. The molecule has 0 saturated carbocycles. The van der Waals surface area contributed by atoms with Crippen molar-refractivity contribution in [1.82, 2.24) is 24.7 Å². The molecule has 0 unspecified atom stereocenters. The number of alkyl halides is 3. The van der Waals surface area contributed by atoms with Gasteiger partial charge in [-0.2, -0.15) is 18.3 Å². The van der Waals surface area contributed by atoms with E-state index < -0.39 is 23.5 Å². The Labute approximate surface area is 208 Å². The van der Waals surface area contributed by atoms with E-state index in [1.165, 1.54) is 24.5 Å². The van der Waals surface area contributed by atoms with Crippen LogP contribution in [0.2, 0.25) is 0 Å². The molecule has 3 heterocycles. The van der Waals surface area contributed by atoms with Gasteiger partial charge in [-0.25, -0.2) is 19.3 Å². The maximum atomic E-state index is 14.7. The highest BCUT2D eigenvalue weighted by Crippen LogP contribution is 2.30. The highest BCUT2D eigenvalue weighted by atomic mass is 19.4. The van der Waals surface area contributed by atoms with Crippen molar-refractivity contribution >= 4 is 23.4 Å². The number of nitrogens with one attached hydrogen (secondary N) is 2. The largest absolute Gasteiger partial charge is 0.416 e. The Balaban J connectivity index is 1.38. The number of methoxy groups -OCH3 is 1. The molecule has 3 aromatic heterocycles. The predicted octanol–water partition coefficient (Wildman–Crippen LogP) is 4.46. The average molecular weight is 515 g/mol. The van der Waals surface area contributed by atoms with Crippen LogP contribution in [0.15, 0.2) is 61.3 Å². The molecule has 0 radical (unpaired) electrons. The molecule has 0 aliphatic rings. The first-order chi connectivity index (χ1) is 17.7. The Bertz CT molecular complexity index is 1370. The number of nitrogens with zero attached hydrogens (tertiary/aromatic N) is 5. The molecular weight excluding hydrogens is 494 g/mol. The SMILES string of the molecule is COCCn1cc(Nc2ncc(-c3ccc(CC(=O)Nc4cc(C(F)(F)F)ccn4)c(F)c3)cn2)cn1. The van der Waals surface area contributed by atoms with Crippen LogP contribution < -0.4 is 10.6 Å². The third-order valence-electron chi connectivity index (χ3n) is 5.16. The standard InChI is InChI=1S/C24H21F4N7O2/c1-37-7-6-35-14-19(13-32-35)33-23-30-11-17(12-31-23)15-2-3-16(20(25)8-15)9-22(36)34-21-10-18(4-5-29-21)24(26,27)28/h2-5,8,10-14H,6-7,9H2,1H3,(H,29,34,36)(H,30,31,33). The van der Waals surface area contributed by atoms with Gasteiger partial charge in [0.05, 0.1) is 37.0 Å². The molecule has 4 aromatic rings. The second kappa shape index (κ2) is 11.1. The first kappa shape index (κ1) is 25.7. The molecule has 0 aliphatic heterocycles. The van der Waals surface area contributed by atoms with Crippen molar-refractivity contribution in [3.05, 3.63) is 78.3 Å². The van der Waals surface area contributed by atoms with Gasteiger partial charge in [0.2, 0.25) is 11.9 Å². The minimum Gasteiger partial charge on any atom is -0.383 e. The summed E-state index contributed by atoms with van der Waals surface area (Å²) in [6.45, 7) is 1.13. The lowest BCUT2D eigenvalue weighted by Gasteiger charge is -2.10. The van der Waals surface area contributed by atoms with Gasteiger partial charge in [-0.3, -0.25) is 9.48 Å². The number of hydrogen-bond acceptors (Lipinski definition) is 7. The molecule has 37 heavy (non-hydrogen) atoms. The molecule has 1 amide bonds. The van der Waals surface area contributed by atoms with Gasteiger partial charge in [-0.1, -0.05) is 12.1 Å². The van der Waals surface area contributed by atoms with Crippen LogP contribution in [0.5, 0.6) is 0 Å². The molecule has 2 N–H and O–H groups in total. The van der Waals surface area contributed by atoms with Crippen molar-refractivity contribution in [2.24, 2.45) is 0 Å². The summed E-state index contributed by atoms with van der Waals surface area (Å²) in [5.41, 5.74) is 0.842. The van der Waals surface area contributed by atoms with Gasteiger partial charge < -0.3 is 15.4 Å². The Hall–Kier alpha value is -4.39. The number of benzene rings is 1. The maximum absolute atomic E-state index is 14.7. The number of rotatable bonds is 9. The van der Waals surface area contributed by atoms with Crippen LogP contribution in [0, 0.1) is 5.82 Å². The average Bonchev–Trinajstić information content (AvgIpc) is 3.31. The lowest BCUT2D eigenvalue weighted by Crippen LogP contribution is -2.17. The van der Waals surface area contributed by atoms with Crippen molar-refractivity contribution in [3.8, 4) is 11.1 Å². The number of anilines is 3. The third-order valence-corrected chi connectivity index (χ3v) is 5.16. The number of amides is 1. The van der Waals surface area contributed by atoms with Crippen LogP contribution >= 0.6 is 0 Å². The first-order valence-electron chi connectivity index (χ1n) is 10.9. The molecule has 9 nitrogen and oxygen atoms in total. The molecule has 0 atom stereocenters. The van der Waals surface area contributed by atoms with Gasteiger partial charge in [0.15, 0.2) is 0 Å². The fourth-order valence-corrected chi connectivity index (χ4v) is 3.31. The summed E-state index contributed by atoms with van der Waals surface area (Å²) < 4.78 is 59.9. The zero-order valence-electron chi connectivity index (χ0n) is 19.5. The van der Waals surface area contributed by atoms with Crippen LogP contribution in [0.3, 0.4) is 0 Å². The number of ether oxygens (including phenoxy) is 1. The molecule has 192 valence electrons. The van der Waals surface area contributed by atoms with E-state index in [-0.39, 0.29) is 17.8 Å². The number of carbonyl (C=O) groups is 1. The first-order valence-corrected chi connectivity index (χ1v) is 10.9. The second-order valence-electron chi connectivity index (χ2n) is 7.86. The normalized spacial score (nSPS) is 11.4. The smallest absolute Gasteiger partial charge is 0.383 e. The summed E-state index contributed by atoms with van der Waals surface area (Å²) >= 11 is 0. The molecular formula is C24H21F4N7O2. The van der Waals surface area contributed by atoms with Crippen molar-refractivity contribution in [1.29, 1.82) is 0 Å². The third kappa shape index (κ3) is 6.85. The number of aromatic nitrogens is 5. The van der Waals surface area contributed by atoms with E-state index in [4.69, 9.17) is 4.74 Å². The van der Waals surface area contributed by atoms with Gasteiger partial charge in [0.25, 0.3) is 0 Å². The molecule has 0 spiro atoms. The Morgan fingerprint density at radius 2 is 1.84 bits per heavy atom. The van der Waals surface area contributed by atoms with E-state index in [0.717, 1.165) is 12.3 Å². The van der Waals surface area contributed by atoms with E-state index in [0.29, 0.717) is 42.0 Å². The van der Waals surface area contributed by atoms with Crippen LogP contribution in [0.25, 0.3) is 11.1 Å². The summed E-state index contributed by atoms with van der Waals surface area (Å²) in [6, 6.07) is 5.75. The van der Waals surface area contributed by atoms with Crippen molar-refractivity contribution in [2.45, 2.75) is 19.1 Å². The maximum Gasteiger partial charge on any atom is 0.416 e. The minimum atomic E-state index is -4.57. The fraction of sp³-hybridized carbons (Fsp3) is 0.208. The zero-order chi connectivity index (χ0) is 26.4. The van der Waals surface area contributed by atoms with Gasteiger partial charge in [-0.05, 0) is 29.3 Å². The van der Waals surface area contributed by atoms with Crippen molar-refractivity contribution < 1.29 is 27.1 Å². The lowest BCUT2D eigenvalue weighted by atomic mass is 10.0. The van der Waals surface area contributed by atoms with Crippen LogP contribution in [0.4, 0.5) is 35.0 Å². The highest BCUT2D eigenvalue weighted by molar-refractivity contribution is 5.91. The molecule has 0 fully saturated rings. The molecule has 1 aromatic carbocycles. The Morgan fingerprint density at radius 1 is 1.05 bits per heavy atom. The van der Waals surface area contributed by atoms with Crippen molar-refractivity contribution in [3.63, 3.8) is 0 Å². The molecule has 0 saturated heterocycles. The predicted molar refractivity (Wildman–Crippen MR) is 126 cm³/mol. The number of pyridine rings is 1. The summed E-state index contributed by atoms with van der Waals surface area (Å²) in [4.78, 5) is 24.4. The fourth-order valence-electron chi connectivity index (χ4n) is 3.31. The summed E-state index contributed by atoms with van der Waals surface area (Å²) in [7, 11) is 1.61. The summed E-state index contributed by atoms with van der Waals surface area (Å²) in [5.74, 6) is -1.31. The Morgan fingerprint density at radius 3 is 2.54 bits per heavy atom. The number of hydrogen-bond donors (Lipinski definition) is 2. The summed E-state index contributed by atoms with van der Waals surface area (Å²) in [5, 5.41) is 9.47. The topological polar surface area (TPSA) is 107 Å². The van der Waals surface area contributed by atoms with Gasteiger partial charge >= 0.3 is 6.18 Å². The molecule has 13 heteroatoms. The van der Waals surface area contributed by atoms with Crippen LogP contribution in [0.1, 0.15) is 11.1 Å². The molecule has 4 rings (SSSR count). The molecule has 0 bridgehead atoms.